The molecule has 0 aliphatic heterocycles. The first-order valence-corrected chi connectivity index (χ1v) is 7.46. The van der Waals surface area contributed by atoms with Crippen molar-refractivity contribution in [3.63, 3.8) is 0 Å². The van der Waals surface area contributed by atoms with Gasteiger partial charge in [0.15, 0.2) is 6.61 Å². The third-order valence-electron chi connectivity index (χ3n) is 3.17. The molecule has 0 heterocycles. The van der Waals surface area contributed by atoms with Crippen molar-refractivity contribution in [3.05, 3.63) is 24.3 Å². The summed E-state index contributed by atoms with van der Waals surface area (Å²) in [6.45, 7) is 3.30. The van der Waals surface area contributed by atoms with Gasteiger partial charge in [0.05, 0.1) is 19.7 Å². The molecule has 0 unspecified atom stereocenters. The lowest BCUT2D eigenvalue weighted by atomic mass is 10.1. The van der Waals surface area contributed by atoms with E-state index in [1.54, 1.807) is 24.3 Å². The van der Waals surface area contributed by atoms with Crippen molar-refractivity contribution in [2.24, 2.45) is 11.7 Å². The van der Waals surface area contributed by atoms with E-state index in [4.69, 9.17) is 10.5 Å². The average molecular weight is 337 g/mol. The van der Waals surface area contributed by atoms with Gasteiger partial charge >= 0.3 is 5.97 Å². The van der Waals surface area contributed by atoms with Gasteiger partial charge in [0.25, 0.3) is 0 Å². The van der Waals surface area contributed by atoms with Crippen molar-refractivity contribution in [3.8, 4) is 5.75 Å². The molecule has 2 amide bonds. The largest absolute Gasteiger partial charge is 0.482 e. The number of nitrogens with one attached hydrogen (secondary N) is 2. The number of hydrogen-bond acceptors (Lipinski definition) is 6. The van der Waals surface area contributed by atoms with Gasteiger partial charge in [-0.05, 0) is 30.2 Å². The maximum absolute atomic E-state index is 11.8. The number of nitrogens with two attached hydrogens (primary N) is 1. The molecule has 0 aliphatic carbocycles. The van der Waals surface area contributed by atoms with E-state index in [0.717, 1.165) is 0 Å². The highest BCUT2D eigenvalue weighted by Crippen LogP contribution is 2.15. The molecule has 1 atom stereocenters. The van der Waals surface area contributed by atoms with Gasteiger partial charge < -0.3 is 25.8 Å². The summed E-state index contributed by atoms with van der Waals surface area (Å²) in [4.78, 5) is 34.4. The molecule has 24 heavy (non-hydrogen) atoms. The van der Waals surface area contributed by atoms with Crippen LogP contribution in [0, 0.1) is 5.92 Å². The van der Waals surface area contributed by atoms with Crippen molar-refractivity contribution in [2.75, 3.05) is 25.6 Å². The summed E-state index contributed by atoms with van der Waals surface area (Å²) in [5, 5.41) is 5.11. The van der Waals surface area contributed by atoms with E-state index in [1.165, 1.54) is 7.11 Å². The summed E-state index contributed by atoms with van der Waals surface area (Å²) in [7, 11) is 1.27. The van der Waals surface area contributed by atoms with Gasteiger partial charge in [-0.25, -0.2) is 4.79 Å². The van der Waals surface area contributed by atoms with Crippen LogP contribution in [0.3, 0.4) is 0 Å². The molecule has 1 rings (SSSR count). The first kappa shape index (κ1) is 19.4. The van der Waals surface area contributed by atoms with Crippen LogP contribution in [-0.2, 0) is 19.1 Å². The van der Waals surface area contributed by atoms with Crippen LogP contribution in [0.2, 0.25) is 0 Å². The summed E-state index contributed by atoms with van der Waals surface area (Å²) < 4.78 is 9.65. The number of carbonyl (C=O) groups excluding carboxylic acids is 3. The lowest BCUT2D eigenvalue weighted by Crippen LogP contribution is -2.46. The quantitative estimate of drug-likeness (QED) is 0.586. The Bertz CT molecular complexity index is 572. The molecule has 0 radical (unpaired) electrons. The van der Waals surface area contributed by atoms with Crippen LogP contribution in [0.15, 0.2) is 24.3 Å². The van der Waals surface area contributed by atoms with Crippen LogP contribution >= 0.6 is 0 Å². The minimum absolute atomic E-state index is 0.00871. The smallest absolute Gasteiger partial charge is 0.343 e. The van der Waals surface area contributed by atoms with Crippen molar-refractivity contribution < 1.29 is 23.9 Å². The van der Waals surface area contributed by atoms with Crippen molar-refractivity contribution in [1.82, 2.24) is 5.32 Å². The van der Waals surface area contributed by atoms with Crippen LogP contribution in [0.4, 0.5) is 5.69 Å². The predicted molar refractivity (Wildman–Crippen MR) is 88.4 cm³/mol. The lowest BCUT2D eigenvalue weighted by molar-refractivity contribution is -0.142. The first-order valence-electron chi connectivity index (χ1n) is 7.46. The normalized spacial score (nSPS) is 11.5. The van der Waals surface area contributed by atoms with Gasteiger partial charge in [-0.2, -0.15) is 0 Å². The van der Waals surface area contributed by atoms with E-state index in [0.29, 0.717) is 11.4 Å². The van der Waals surface area contributed by atoms with E-state index in [-0.39, 0.29) is 30.9 Å². The zero-order chi connectivity index (χ0) is 18.1. The number of esters is 1. The summed E-state index contributed by atoms with van der Waals surface area (Å²) in [5.74, 6) is -0.767. The number of rotatable bonds is 8. The Morgan fingerprint density at radius 1 is 1.17 bits per heavy atom. The second-order valence-corrected chi connectivity index (χ2v) is 5.42. The minimum atomic E-state index is -0.649. The number of hydrogen-bond donors (Lipinski definition) is 3. The van der Waals surface area contributed by atoms with Gasteiger partial charge in [-0.3, -0.25) is 9.59 Å². The fraction of sp³-hybridized carbons (Fsp3) is 0.438. The third-order valence-corrected chi connectivity index (χ3v) is 3.17. The molecule has 4 N–H and O–H groups in total. The summed E-state index contributed by atoms with van der Waals surface area (Å²) >= 11 is 0. The average Bonchev–Trinajstić information content (AvgIpc) is 2.57. The maximum Gasteiger partial charge on any atom is 0.343 e. The third kappa shape index (κ3) is 6.66. The minimum Gasteiger partial charge on any atom is -0.482 e. The van der Waals surface area contributed by atoms with Crippen LogP contribution in [-0.4, -0.2) is 44.1 Å². The summed E-state index contributed by atoms with van der Waals surface area (Å²) in [6.07, 6.45) is 0. The van der Waals surface area contributed by atoms with Gasteiger partial charge in [0, 0.05) is 5.69 Å². The Kier molecular flexibility index (Phi) is 7.70. The highest BCUT2D eigenvalue weighted by Gasteiger charge is 2.17. The fourth-order valence-corrected chi connectivity index (χ4v) is 1.63. The van der Waals surface area contributed by atoms with E-state index in [1.807, 2.05) is 13.8 Å². The molecular formula is C16H23N3O5. The standard InChI is InChI=1S/C16H23N3O5/c1-10(2)15(17)16(22)18-8-13(20)19-11-4-6-12(7-5-11)24-9-14(21)23-3/h4-7,10,15H,8-9,17H2,1-3H3,(H,18,22)(H,19,20)/t15-/m0/s1. The highest BCUT2D eigenvalue weighted by atomic mass is 16.6. The van der Waals surface area contributed by atoms with E-state index in [9.17, 15) is 14.4 Å². The zero-order valence-corrected chi connectivity index (χ0v) is 14.0. The van der Waals surface area contributed by atoms with Gasteiger partial charge in [-0.1, -0.05) is 13.8 Å². The molecule has 0 saturated carbocycles. The van der Waals surface area contributed by atoms with Crippen LogP contribution in [0.1, 0.15) is 13.8 Å². The Morgan fingerprint density at radius 2 is 1.79 bits per heavy atom. The highest BCUT2D eigenvalue weighted by molar-refractivity contribution is 5.95. The molecular weight excluding hydrogens is 314 g/mol. The van der Waals surface area contributed by atoms with Crippen molar-refractivity contribution in [2.45, 2.75) is 19.9 Å². The molecule has 1 aromatic carbocycles. The van der Waals surface area contributed by atoms with Crippen molar-refractivity contribution >= 4 is 23.5 Å². The number of benzene rings is 1. The topological polar surface area (TPSA) is 120 Å². The molecule has 0 bridgehead atoms. The number of methoxy groups -OCH3 is 1. The van der Waals surface area contributed by atoms with Crippen LogP contribution in [0.25, 0.3) is 0 Å². The first-order chi connectivity index (χ1) is 11.3. The molecule has 0 saturated heterocycles. The Balaban J connectivity index is 2.42. The molecule has 8 heteroatoms. The monoisotopic (exact) mass is 337 g/mol. The lowest BCUT2D eigenvalue weighted by Gasteiger charge is -2.15. The molecule has 0 aliphatic rings. The molecule has 132 valence electrons. The summed E-state index contributed by atoms with van der Waals surface area (Å²) in [6, 6.07) is 5.79. The zero-order valence-electron chi connectivity index (χ0n) is 14.0. The molecule has 0 spiro atoms. The number of carbonyl (C=O) groups is 3. The second-order valence-electron chi connectivity index (χ2n) is 5.42. The van der Waals surface area contributed by atoms with Gasteiger partial charge in [-0.15, -0.1) is 0 Å². The molecule has 8 nitrogen and oxygen atoms in total. The number of amides is 2. The van der Waals surface area contributed by atoms with E-state index in [2.05, 4.69) is 15.4 Å². The number of ether oxygens (including phenoxy) is 2. The maximum atomic E-state index is 11.8. The van der Waals surface area contributed by atoms with Gasteiger partial charge in [0.1, 0.15) is 5.75 Å². The molecule has 1 aromatic rings. The molecule has 0 aromatic heterocycles. The Hall–Kier alpha value is -2.61. The van der Waals surface area contributed by atoms with E-state index >= 15 is 0 Å². The molecule has 0 fully saturated rings. The van der Waals surface area contributed by atoms with Crippen LogP contribution in [0.5, 0.6) is 5.75 Å². The van der Waals surface area contributed by atoms with Crippen molar-refractivity contribution in [1.29, 1.82) is 0 Å². The fourth-order valence-electron chi connectivity index (χ4n) is 1.63. The van der Waals surface area contributed by atoms with Crippen LogP contribution < -0.4 is 21.1 Å². The summed E-state index contributed by atoms with van der Waals surface area (Å²) in [5.41, 5.74) is 6.22. The second kappa shape index (κ2) is 9.51. The SMILES string of the molecule is COC(=O)COc1ccc(NC(=O)CNC(=O)[C@@H](N)C(C)C)cc1. The van der Waals surface area contributed by atoms with Gasteiger partial charge in [0.2, 0.25) is 11.8 Å². The number of anilines is 1. The predicted octanol–water partition coefficient (Wildman–Crippen LogP) is 0.276. The van der Waals surface area contributed by atoms with E-state index < -0.39 is 12.0 Å². The Labute approximate surface area is 140 Å². The Morgan fingerprint density at radius 3 is 2.33 bits per heavy atom.